The molecule has 1 aromatic carbocycles. The Hall–Kier alpha value is -2.14. The van der Waals surface area contributed by atoms with Crippen molar-refractivity contribution in [2.45, 2.75) is 25.9 Å². The fourth-order valence-corrected chi connectivity index (χ4v) is 2.81. The van der Waals surface area contributed by atoms with Crippen LogP contribution in [0.2, 0.25) is 5.02 Å². The monoisotopic (exact) mass is 331 g/mol. The Morgan fingerprint density at radius 3 is 2.78 bits per heavy atom. The highest BCUT2D eigenvalue weighted by Gasteiger charge is 2.26. The van der Waals surface area contributed by atoms with Gasteiger partial charge in [-0.2, -0.15) is 0 Å². The third-order valence-electron chi connectivity index (χ3n) is 3.91. The van der Waals surface area contributed by atoms with Crippen LogP contribution in [-0.2, 0) is 0 Å². The number of rotatable bonds is 3. The van der Waals surface area contributed by atoms with Gasteiger partial charge in [0, 0.05) is 12.1 Å². The predicted molar refractivity (Wildman–Crippen MR) is 87.8 cm³/mol. The average Bonchev–Trinajstić information content (AvgIpc) is 2.57. The lowest BCUT2D eigenvalue weighted by Crippen LogP contribution is -2.44. The van der Waals surface area contributed by atoms with E-state index in [0.29, 0.717) is 17.6 Å². The van der Waals surface area contributed by atoms with E-state index in [1.165, 1.54) is 12.4 Å². The van der Waals surface area contributed by atoms with Crippen molar-refractivity contribution in [2.75, 3.05) is 13.1 Å². The molecule has 0 spiro atoms. The molecule has 3 rings (SSSR count). The van der Waals surface area contributed by atoms with Crippen molar-refractivity contribution in [3.8, 4) is 6.01 Å². The Morgan fingerprint density at radius 1 is 1.30 bits per heavy atom. The van der Waals surface area contributed by atoms with Crippen molar-refractivity contribution in [3.63, 3.8) is 0 Å². The third-order valence-corrected chi connectivity index (χ3v) is 4.10. The van der Waals surface area contributed by atoms with Crippen molar-refractivity contribution < 1.29 is 9.53 Å². The van der Waals surface area contributed by atoms with Crippen LogP contribution in [0.5, 0.6) is 6.01 Å². The molecule has 120 valence electrons. The summed E-state index contributed by atoms with van der Waals surface area (Å²) in [4.78, 5) is 22.6. The Kier molecular flexibility index (Phi) is 4.76. The predicted octanol–water partition coefficient (Wildman–Crippen LogP) is 3.12. The number of aryl methyl sites for hydroxylation is 1. The molecule has 1 aliphatic heterocycles. The fourth-order valence-electron chi connectivity index (χ4n) is 2.71. The second kappa shape index (κ2) is 6.96. The second-order valence-corrected chi connectivity index (χ2v) is 6.07. The van der Waals surface area contributed by atoms with Crippen molar-refractivity contribution in [1.82, 2.24) is 14.9 Å². The minimum Gasteiger partial charge on any atom is -0.458 e. The number of carbonyl (C=O) groups is 1. The Balaban J connectivity index is 1.67. The number of piperidine rings is 1. The number of hydrogen-bond donors (Lipinski definition) is 0. The summed E-state index contributed by atoms with van der Waals surface area (Å²) < 4.78 is 5.78. The molecule has 0 N–H and O–H groups in total. The number of hydrogen-bond acceptors (Lipinski definition) is 4. The summed E-state index contributed by atoms with van der Waals surface area (Å²) in [6, 6.07) is 7.94. The van der Waals surface area contributed by atoms with Crippen LogP contribution in [0, 0.1) is 6.92 Å². The Bertz CT molecular complexity index is 690. The van der Waals surface area contributed by atoms with E-state index in [1.807, 2.05) is 36.1 Å². The van der Waals surface area contributed by atoms with Gasteiger partial charge in [-0.05, 0) is 31.4 Å². The maximum absolute atomic E-state index is 12.7. The number of benzene rings is 1. The smallest absolute Gasteiger partial charge is 0.316 e. The molecule has 1 aromatic heterocycles. The first-order valence-electron chi connectivity index (χ1n) is 7.62. The fraction of sp³-hybridized carbons (Fsp3) is 0.353. The number of carbonyl (C=O) groups excluding carboxylic acids is 1. The number of likely N-dealkylation sites (tertiary alicyclic amines) is 1. The van der Waals surface area contributed by atoms with E-state index in [2.05, 4.69) is 9.97 Å². The van der Waals surface area contributed by atoms with Gasteiger partial charge >= 0.3 is 6.01 Å². The first kappa shape index (κ1) is 15.7. The van der Waals surface area contributed by atoms with Gasteiger partial charge in [0.05, 0.1) is 24.0 Å². The van der Waals surface area contributed by atoms with Gasteiger partial charge in [0.2, 0.25) is 0 Å². The minimum atomic E-state index is -0.0992. The van der Waals surface area contributed by atoms with Crippen LogP contribution in [0.4, 0.5) is 0 Å². The number of aromatic nitrogens is 2. The van der Waals surface area contributed by atoms with Gasteiger partial charge in [-0.1, -0.05) is 29.8 Å². The van der Waals surface area contributed by atoms with Crippen LogP contribution in [0.1, 0.15) is 28.8 Å². The molecule has 1 amide bonds. The summed E-state index contributed by atoms with van der Waals surface area (Å²) in [5.74, 6) is 0.0495. The van der Waals surface area contributed by atoms with Gasteiger partial charge in [-0.3, -0.25) is 4.79 Å². The van der Waals surface area contributed by atoms with E-state index in [4.69, 9.17) is 16.3 Å². The molecule has 1 atom stereocenters. The zero-order valence-corrected chi connectivity index (χ0v) is 13.7. The maximum atomic E-state index is 12.7. The molecule has 0 saturated carbocycles. The highest BCUT2D eigenvalue weighted by Crippen LogP contribution is 2.19. The zero-order chi connectivity index (χ0) is 16.2. The van der Waals surface area contributed by atoms with Crippen LogP contribution in [0.15, 0.2) is 36.7 Å². The van der Waals surface area contributed by atoms with E-state index >= 15 is 0 Å². The molecule has 5 nitrogen and oxygen atoms in total. The minimum absolute atomic E-state index is 0.0495. The molecule has 1 fully saturated rings. The standard InChI is InChI=1S/C17H18ClN3O2/c1-12-5-2-3-7-15(12)16(22)21-8-4-6-14(11-21)23-17-19-9-13(18)10-20-17/h2-3,5,7,9-10,14H,4,6,8,11H2,1H3. The lowest BCUT2D eigenvalue weighted by molar-refractivity contribution is 0.0515. The quantitative estimate of drug-likeness (QED) is 0.867. The van der Waals surface area contributed by atoms with Crippen molar-refractivity contribution >= 4 is 17.5 Å². The molecule has 2 heterocycles. The van der Waals surface area contributed by atoms with E-state index in [1.54, 1.807) is 0 Å². The molecule has 0 aliphatic carbocycles. The van der Waals surface area contributed by atoms with Gasteiger partial charge in [-0.25, -0.2) is 9.97 Å². The molecule has 0 radical (unpaired) electrons. The second-order valence-electron chi connectivity index (χ2n) is 5.63. The summed E-state index contributed by atoms with van der Waals surface area (Å²) >= 11 is 5.77. The van der Waals surface area contributed by atoms with Crippen LogP contribution in [-0.4, -0.2) is 40.0 Å². The highest BCUT2D eigenvalue weighted by atomic mass is 35.5. The number of nitrogens with zero attached hydrogens (tertiary/aromatic N) is 3. The Morgan fingerprint density at radius 2 is 2.04 bits per heavy atom. The van der Waals surface area contributed by atoms with Gasteiger partial charge in [0.1, 0.15) is 6.10 Å². The third kappa shape index (κ3) is 3.79. The molecular formula is C17H18ClN3O2. The highest BCUT2D eigenvalue weighted by molar-refractivity contribution is 6.30. The molecule has 1 saturated heterocycles. The van der Waals surface area contributed by atoms with Gasteiger partial charge < -0.3 is 9.64 Å². The van der Waals surface area contributed by atoms with Gasteiger partial charge in [0.15, 0.2) is 0 Å². The molecular weight excluding hydrogens is 314 g/mol. The summed E-state index contributed by atoms with van der Waals surface area (Å²) in [6.07, 6.45) is 4.68. The van der Waals surface area contributed by atoms with E-state index < -0.39 is 0 Å². The first-order chi connectivity index (χ1) is 11.1. The molecule has 1 aliphatic rings. The van der Waals surface area contributed by atoms with Crippen LogP contribution in [0.25, 0.3) is 0 Å². The van der Waals surface area contributed by atoms with Crippen LogP contribution in [0.3, 0.4) is 0 Å². The van der Waals surface area contributed by atoms with Crippen molar-refractivity contribution in [1.29, 1.82) is 0 Å². The van der Waals surface area contributed by atoms with Crippen LogP contribution < -0.4 is 4.74 Å². The molecule has 1 unspecified atom stereocenters. The summed E-state index contributed by atoms with van der Waals surface area (Å²) in [5, 5.41) is 0.470. The normalized spacial score (nSPS) is 17.8. The lowest BCUT2D eigenvalue weighted by atomic mass is 10.0. The summed E-state index contributed by atoms with van der Waals surface area (Å²) in [7, 11) is 0. The first-order valence-corrected chi connectivity index (χ1v) is 8.00. The van der Waals surface area contributed by atoms with E-state index in [-0.39, 0.29) is 12.0 Å². The molecule has 23 heavy (non-hydrogen) atoms. The SMILES string of the molecule is Cc1ccccc1C(=O)N1CCCC(Oc2ncc(Cl)cn2)C1. The van der Waals surface area contributed by atoms with E-state index in [9.17, 15) is 4.79 Å². The van der Waals surface area contributed by atoms with Gasteiger partial charge in [-0.15, -0.1) is 0 Å². The maximum Gasteiger partial charge on any atom is 0.316 e. The Labute approximate surface area is 140 Å². The van der Waals surface area contributed by atoms with Crippen molar-refractivity contribution in [2.24, 2.45) is 0 Å². The number of halogens is 1. The van der Waals surface area contributed by atoms with E-state index in [0.717, 1.165) is 30.5 Å². The lowest BCUT2D eigenvalue weighted by Gasteiger charge is -2.32. The summed E-state index contributed by atoms with van der Waals surface area (Å²) in [5.41, 5.74) is 1.73. The van der Waals surface area contributed by atoms with Gasteiger partial charge in [0.25, 0.3) is 5.91 Å². The molecule has 2 aromatic rings. The zero-order valence-electron chi connectivity index (χ0n) is 12.9. The largest absolute Gasteiger partial charge is 0.458 e. The number of ether oxygens (including phenoxy) is 1. The summed E-state index contributed by atoms with van der Waals surface area (Å²) in [6.45, 7) is 3.24. The number of amides is 1. The average molecular weight is 332 g/mol. The molecule has 0 bridgehead atoms. The van der Waals surface area contributed by atoms with Crippen LogP contribution >= 0.6 is 11.6 Å². The molecule has 6 heteroatoms. The topological polar surface area (TPSA) is 55.3 Å². The van der Waals surface area contributed by atoms with Crippen molar-refractivity contribution in [3.05, 3.63) is 52.8 Å².